The van der Waals surface area contributed by atoms with Crippen molar-refractivity contribution in [2.75, 3.05) is 13.1 Å². The molecule has 1 amide bonds. The molecular formula is C20H23ClN2O2S. The average Bonchev–Trinajstić information content (AvgIpc) is 3.36. The van der Waals surface area contributed by atoms with Crippen LogP contribution in [-0.4, -0.2) is 35.0 Å². The van der Waals surface area contributed by atoms with Crippen LogP contribution < -0.4 is 4.74 Å². The lowest BCUT2D eigenvalue weighted by Crippen LogP contribution is -2.49. The first-order valence-corrected chi connectivity index (χ1v) is 10.5. The number of thiophene rings is 1. The third kappa shape index (κ3) is 3.35. The van der Waals surface area contributed by atoms with Crippen LogP contribution in [0.4, 0.5) is 0 Å². The van der Waals surface area contributed by atoms with Gasteiger partial charge in [0.05, 0.1) is 5.41 Å². The number of amides is 1. The van der Waals surface area contributed by atoms with Gasteiger partial charge < -0.3 is 9.64 Å². The summed E-state index contributed by atoms with van der Waals surface area (Å²) in [6, 6.07) is 5.99. The number of hydrogen-bond donors (Lipinski definition) is 0. The lowest BCUT2D eigenvalue weighted by Gasteiger charge is -2.38. The highest BCUT2D eigenvalue weighted by atomic mass is 35.5. The van der Waals surface area contributed by atoms with E-state index in [1.165, 1.54) is 4.88 Å². The molecule has 138 valence electrons. The molecule has 1 saturated carbocycles. The second-order valence-corrected chi connectivity index (χ2v) is 8.54. The predicted octanol–water partition coefficient (Wildman–Crippen LogP) is 4.68. The fourth-order valence-corrected chi connectivity index (χ4v) is 5.35. The Balaban J connectivity index is 1.41. The van der Waals surface area contributed by atoms with E-state index in [2.05, 4.69) is 27.4 Å². The maximum atomic E-state index is 13.4. The van der Waals surface area contributed by atoms with Crippen molar-refractivity contribution in [3.8, 4) is 5.75 Å². The largest absolute Gasteiger partial charge is 0.489 e. The van der Waals surface area contributed by atoms with Gasteiger partial charge in [-0.1, -0.05) is 30.5 Å². The monoisotopic (exact) mass is 390 g/mol. The Morgan fingerprint density at radius 3 is 2.69 bits per heavy atom. The van der Waals surface area contributed by atoms with Crippen molar-refractivity contribution in [2.24, 2.45) is 0 Å². The Morgan fingerprint density at radius 2 is 2.04 bits per heavy atom. The molecule has 2 aromatic rings. The summed E-state index contributed by atoms with van der Waals surface area (Å²) >= 11 is 7.86. The maximum Gasteiger partial charge on any atom is 0.234 e. The number of pyridine rings is 1. The first-order valence-electron chi connectivity index (χ1n) is 9.28. The van der Waals surface area contributed by atoms with Crippen LogP contribution in [-0.2, 0) is 10.2 Å². The molecule has 1 aliphatic carbocycles. The molecule has 2 fully saturated rings. The van der Waals surface area contributed by atoms with Gasteiger partial charge >= 0.3 is 0 Å². The highest BCUT2D eigenvalue weighted by Gasteiger charge is 2.46. The number of halogens is 1. The van der Waals surface area contributed by atoms with E-state index < -0.39 is 0 Å². The number of carbonyl (C=O) groups excluding carboxylic acids is 1. The number of nitrogens with zero attached hydrogens (tertiary/aromatic N) is 2. The third-order valence-electron chi connectivity index (χ3n) is 5.62. The van der Waals surface area contributed by atoms with Crippen molar-refractivity contribution in [2.45, 2.75) is 50.0 Å². The van der Waals surface area contributed by atoms with E-state index >= 15 is 0 Å². The minimum Gasteiger partial charge on any atom is -0.489 e. The summed E-state index contributed by atoms with van der Waals surface area (Å²) in [6.07, 6.45) is 9.31. The van der Waals surface area contributed by atoms with Crippen molar-refractivity contribution in [3.05, 3.63) is 45.9 Å². The average molecular weight is 391 g/mol. The number of rotatable bonds is 4. The number of piperidine rings is 1. The first kappa shape index (κ1) is 17.8. The van der Waals surface area contributed by atoms with Crippen molar-refractivity contribution in [1.82, 2.24) is 9.88 Å². The molecule has 3 heterocycles. The van der Waals surface area contributed by atoms with Gasteiger partial charge in [-0.05, 0) is 24.3 Å². The zero-order valence-electron chi connectivity index (χ0n) is 14.7. The summed E-state index contributed by atoms with van der Waals surface area (Å²) in [5.41, 5.74) is -0.281. The fourth-order valence-electron chi connectivity index (χ4n) is 4.21. The maximum absolute atomic E-state index is 13.4. The molecule has 0 bridgehead atoms. The molecule has 4 nitrogen and oxygen atoms in total. The van der Waals surface area contributed by atoms with E-state index in [1.807, 2.05) is 0 Å². The van der Waals surface area contributed by atoms with Gasteiger partial charge in [0.1, 0.15) is 16.9 Å². The molecule has 0 spiro atoms. The molecule has 6 heteroatoms. The summed E-state index contributed by atoms with van der Waals surface area (Å²) in [4.78, 5) is 20.7. The van der Waals surface area contributed by atoms with Crippen LogP contribution in [0.15, 0.2) is 36.0 Å². The Hall–Kier alpha value is -1.59. The SMILES string of the molecule is O=C(N1CCC(Oc2ccncc2Cl)CC1)C1(c2cccs2)CCCC1. The minimum atomic E-state index is -0.281. The fraction of sp³-hybridized carbons (Fsp3) is 0.500. The van der Waals surface area contributed by atoms with Gasteiger partial charge in [-0.3, -0.25) is 9.78 Å². The first-order chi connectivity index (χ1) is 12.7. The van der Waals surface area contributed by atoms with Crippen molar-refractivity contribution in [3.63, 3.8) is 0 Å². The molecule has 0 unspecified atom stereocenters. The van der Waals surface area contributed by atoms with Gasteiger partial charge in [-0.2, -0.15) is 0 Å². The molecule has 1 aliphatic heterocycles. The van der Waals surface area contributed by atoms with Gasteiger partial charge in [0.25, 0.3) is 0 Å². The summed E-state index contributed by atoms with van der Waals surface area (Å²) in [6.45, 7) is 1.50. The zero-order valence-corrected chi connectivity index (χ0v) is 16.3. The summed E-state index contributed by atoms with van der Waals surface area (Å²) in [5, 5.41) is 2.62. The second kappa shape index (κ2) is 7.57. The number of ether oxygens (including phenoxy) is 1. The molecule has 0 radical (unpaired) electrons. The van der Waals surface area contributed by atoms with Crippen LogP contribution in [0.2, 0.25) is 5.02 Å². The standard InChI is InChI=1S/C20H23ClN2O2S/c21-16-14-22-10-5-17(16)25-15-6-11-23(12-7-15)19(24)20(8-1-2-9-20)18-4-3-13-26-18/h3-5,10,13-15H,1-2,6-9,11-12H2. The van der Waals surface area contributed by atoms with Gasteiger partial charge in [0.2, 0.25) is 5.91 Å². The molecule has 26 heavy (non-hydrogen) atoms. The number of aromatic nitrogens is 1. The Labute approximate surface area is 163 Å². The van der Waals surface area contributed by atoms with E-state index in [-0.39, 0.29) is 11.5 Å². The van der Waals surface area contributed by atoms with E-state index in [9.17, 15) is 4.79 Å². The van der Waals surface area contributed by atoms with Crippen molar-refractivity contribution >= 4 is 28.8 Å². The van der Waals surface area contributed by atoms with Crippen LogP contribution in [0.1, 0.15) is 43.4 Å². The Kier molecular flexibility index (Phi) is 5.18. The molecular weight excluding hydrogens is 368 g/mol. The Morgan fingerprint density at radius 1 is 1.27 bits per heavy atom. The van der Waals surface area contributed by atoms with E-state index in [1.54, 1.807) is 29.8 Å². The Bertz CT molecular complexity index is 751. The lowest BCUT2D eigenvalue weighted by molar-refractivity contribution is -0.139. The van der Waals surface area contributed by atoms with Gasteiger partial charge in [-0.15, -0.1) is 11.3 Å². The van der Waals surface area contributed by atoms with Gasteiger partial charge in [0.15, 0.2) is 0 Å². The molecule has 2 aromatic heterocycles. The van der Waals surface area contributed by atoms with Crippen LogP contribution in [0.5, 0.6) is 5.75 Å². The van der Waals surface area contributed by atoms with E-state index in [4.69, 9.17) is 16.3 Å². The van der Waals surface area contributed by atoms with E-state index in [0.29, 0.717) is 16.7 Å². The van der Waals surface area contributed by atoms with Crippen molar-refractivity contribution in [1.29, 1.82) is 0 Å². The molecule has 4 rings (SSSR count). The molecule has 1 saturated heterocycles. The summed E-state index contributed by atoms with van der Waals surface area (Å²) in [5.74, 6) is 0.995. The molecule has 0 atom stereocenters. The zero-order chi connectivity index (χ0) is 18.0. The van der Waals surface area contributed by atoms with Crippen LogP contribution in [0, 0.1) is 0 Å². The summed E-state index contributed by atoms with van der Waals surface area (Å²) in [7, 11) is 0. The van der Waals surface area contributed by atoms with Gasteiger partial charge in [-0.25, -0.2) is 0 Å². The third-order valence-corrected chi connectivity index (χ3v) is 6.98. The van der Waals surface area contributed by atoms with Crippen LogP contribution >= 0.6 is 22.9 Å². The van der Waals surface area contributed by atoms with Crippen LogP contribution in [0.25, 0.3) is 0 Å². The van der Waals surface area contributed by atoms with Crippen molar-refractivity contribution < 1.29 is 9.53 Å². The predicted molar refractivity (Wildman–Crippen MR) is 104 cm³/mol. The normalized spacial score (nSPS) is 20.3. The molecule has 0 N–H and O–H groups in total. The van der Waals surface area contributed by atoms with Gasteiger partial charge in [0, 0.05) is 49.3 Å². The number of carbonyl (C=O) groups is 1. The lowest BCUT2D eigenvalue weighted by atomic mass is 9.82. The minimum absolute atomic E-state index is 0.0974. The topological polar surface area (TPSA) is 42.4 Å². The smallest absolute Gasteiger partial charge is 0.234 e. The highest BCUT2D eigenvalue weighted by molar-refractivity contribution is 7.10. The highest BCUT2D eigenvalue weighted by Crippen LogP contribution is 2.45. The quantitative estimate of drug-likeness (QED) is 0.761. The number of hydrogen-bond acceptors (Lipinski definition) is 4. The second-order valence-electron chi connectivity index (χ2n) is 7.18. The van der Waals surface area contributed by atoms with E-state index in [0.717, 1.165) is 51.6 Å². The number of likely N-dealkylation sites (tertiary alicyclic amines) is 1. The summed E-state index contributed by atoms with van der Waals surface area (Å²) < 4.78 is 6.03. The molecule has 2 aliphatic rings. The van der Waals surface area contributed by atoms with Crippen LogP contribution in [0.3, 0.4) is 0 Å². The molecule has 0 aromatic carbocycles.